The van der Waals surface area contributed by atoms with Crippen LogP contribution in [0.1, 0.15) is 44.9 Å². The summed E-state index contributed by atoms with van der Waals surface area (Å²) in [6.45, 7) is 6.27. The fourth-order valence-electron chi connectivity index (χ4n) is 2.94. The molecule has 0 saturated heterocycles. The van der Waals surface area contributed by atoms with Gasteiger partial charge in [0.15, 0.2) is 5.78 Å². The zero-order valence-corrected chi connectivity index (χ0v) is 13.5. The summed E-state index contributed by atoms with van der Waals surface area (Å²) in [6.07, 6.45) is 5.92. The number of carbonyl (C=O) groups excluding carboxylic acids is 1. The Morgan fingerprint density at radius 2 is 2.32 bits per heavy atom. The highest BCUT2D eigenvalue weighted by Gasteiger charge is 2.49. The second-order valence-electron chi connectivity index (χ2n) is 5.36. The summed E-state index contributed by atoms with van der Waals surface area (Å²) in [6, 6.07) is 4.17. The fraction of sp³-hybridized carbons (Fsp3) is 0.562. The van der Waals surface area contributed by atoms with Crippen molar-refractivity contribution in [3.8, 4) is 0 Å². The summed E-state index contributed by atoms with van der Waals surface area (Å²) >= 11 is 3.42. The molecule has 0 amide bonds. The number of hydrogen-bond donors (Lipinski definition) is 0. The lowest BCUT2D eigenvalue weighted by molar-refractivity contribution is -0.120. The highest BCUT2D eigenvalue weighted by atomic mass is 32.2. The number of carbonyl (C=O) groups is 1. The van der Waals surface area contributed by atoms with Crippen molar-refractivity contribution in [3.05, 3.63) is 33.9 Å². The maximum absolute atomic E-state index is 12.4. The van der Waals surface area contributed by atoms with Crippen molar-refractivity contribution in [3.63, 3.8) is 0 Å². The number of thiophene rings is 1. The van der Waals surface area contributed by atoms with Crippen molar-refractivity contribution in [1.82, 2.24) is 0 Å². The molecule has 0 aliphatic carbocycles. The van der Waals surface area contributed by atoms with E-state index in [9.17, 15) is 4.79 Å². The summed E-state index contributed by atoms with van der Waals surface area (Å²) in [5.74, 6) is 1.18. The Morgan fingerprint density at radius 3 is 2.89 bits per heavy atom. The number of Topliss-reactive ketones (excluding diaryl/α,β-unsaturated/α-hetero) is 1. The van der Waals surface area contributed by atoms with Gasteiger partial charge >= 0.3 is 0 Å². The molecule has 1 aromatic rings. The van der Waals surface area contributed by atoms with E-state index in [0.717, 1.165) is 0 Å². The van der Waals surface area contributed by atoms with Crippen LogP contribution in [0.2, 0.25) is 0 Å². The molecule has 1 aliphatic rings. The van der Waals surface area contributed by atoms with Gasteiger partial charge < -0.3 is 0 Å². The monoisotopic (exact) mass is 294 g/mol. The van der Waals surface area contributed by atoms with Crippen molar-refractivity contribution < 1.29 is 4.79 Å². The van der Waals surface area contributed by atoms with E-state index >= 15 is 0 Å². The van der Waals surface area contributed by atoms with E-state index in [-0.39, 0.29) is 4.75 Å². The Morgan fingerprint density at radius 1 is 1.53 bits per heavy atom. The molecule has 3 heteroatoms. The van der Waals surface area contributed by atoms with Gasteiger partial charge in [-0.05, 0) is 29.7 Å². The zero-order chi connectivity index (χ0) is 13.9. The number of allylic oxidation sites excluding steroid dienone is 1. The van der Waals surface area contributed by atoms with Gasteiger partial charge in [-0.3, -0.25) is 4.79 Å². The first-order chi connectivity index (χ1) is 9.13. The third-order valence-corrected chi connectivity index (χ3v) is 6.62. The minimum atomic E-state index is -0.360. The predicted octanol–water partition coefficient (Wildman–Crippen LogP) is 5.24. The zero-order valence-electron chi connectivity index (χ0n) is 11.9. The van der Waals surface area contributed by atoms with Crippen molar-refractivity contribution in [2.45, 2.75) is 44.8 Å². The normalized spacial score (nSPS) is 27.6. The van der Waals surface area contributed by atoms with Crippen LogP contribution in [-0.4, -0.2) is 5.78 Å². The van der Waals surface area contributed by atoms with Crippen LogP contribution in [0.15, 0.2) is 29.0 Å². The van der Waals surface area contributed by atoms with Gasteiger partial charge in [-0.15, -0.1) is 23.1 Å². The molecule has 3 unspecified atom stereocenters. The van der Waals surface area contributed by atoms with Crippen LogP contribution in [0.4, 0.5) is 0 Å². The molecule has 104 valence electrons. The van der Waals surface area contributed by atoms with Crippen LogP contribution in [0, 0.1) is 11.8 Å². The highest BCUT2D eigenvalue weighted by molar-refractivity contribution is 8.04. The van der Waals surface area contributed by atoms with Crippen LogP contribution < -0.4 is 0 Å². The lowest BCUT2D eigenvalue weighted by Gasteiger charge is -2.35. The molecule has 0 fully saturated rings. The largest absolute Gasteiger partial charge is 0.298 e. The Labute approximate surface area is 124 Å². The summed E-state index contributed by atoms with van der Waals surface area (Å²) < 4.78 is -0.360. The van der Waals surface area contributed by atoms with Gasteiger partial charge in [-0.25, -0.2) is 0 Å². The molecule has 0 N–H and O–H groups in total. The minimum absolute atomic E-state index is 0.290. The number of ketones is 1. The smallest absolute Gasteiger partial charge is 0.152 e. The molecule has 2 heterocycles. The predicted molar refractivity (Wildman–Crippen MR) is 85.6 cm³/mol. The maximum Gasteiger partial charge on any atom is 0.152 e. The lowest BCUT2D eigenvalue weighted by Crippen LogP contribution is -2.38. The number of rotatable bonds is 6. The number of thioether (sulfide) groups is 1. The Balaban J connectivity index is 2.30. The topological polar surface area (TPSA) is 17.1 Å². The highest BCUT2D eigenvalue weighted by Crippen LogP contribution is 2.54. The van der Waals surface area contributed by atoms with Crippen LogP contribution in [0.5, 0.6) is 0 Å². The van der Waals surface area contributed by atoms with Crippen molar-refractivity contribution in [2.75, 3.05) is 0 Å². The summed E-state index contributed by atoms with van der Waals surface area (Å²) in [5.41, 5.74) is 0. The Kier molecular flexibility index (Phi) is 4.91. The third kappa shape index (κ3) is 2.68. The van der Waals surface area contributed by atoms with Gasteiger partial charge in [-0.1, -0.05) is 45.3 Å². The molecule has 0 bridgehead atoms. The second-order valence-corrected chi connectivity index (χ2v) is 7.46. The van der Waals surface area contributed by atoms with Gasteiger partial charge in [0, 0.05) is 10.8 Å². The summed E-state index contributed by atoms with van der Waals surface area (Å²) in [5, 5.41) is 4.21. The van der Waals surface area contributed by atoms with Gasteiger partial charge in [0.25, 0.3) is 0 Å². The van der Waals surface area contributed by atoms with E-state index in [1.54, 1.807) is 30.0 Å². The SMILES string of the molecule is CCCCC(C)C1C=CSC1(C(C)=O)c1cccs1. The maximum atomic E-state index is 12.4. The van der Waals surface area contributed by atoms with E-state index in [1.165, 1.54) is 24.1 Å². The quantitative estimate of drug-likeness (QED) is 0.714. The lowest BCUT2D eigenvalue weighted by atomic mass is 9.77. The van der Waals surface area contributed by atoms with E-state index in [1.807, 2.05) is 0 Å². The number of unbranched alkanes of at least 4 members (excludes halogenated alkanes) is 1. The molecule has 3 atom stereocenters. The first kappa shape index (κ1) is 14.9. The van der Waals surface area contributed by atoms with E-state index in [2.05, 4.69) is 42.8 Å². The van der Waals surface area contributed by atoms with Gasteiger partial charge in [0.05, 0.1) is 0 Å². The third-order valence-electron chi connectivity index (χ3n) is 4.05. The standard InChI is InChI=1S/C16H22OS2/c1-4-5-7-12(2)14-9-11-19-16(14,13(3)17)15-8-6-10-18-15/h6,8-12,14H,4-5,7H2,1-3H3. The van der Waals surface area contributed by atoms with E-state index in [4.69, 9.17) is 0 Å². The molecule has 0 radical (unpaired) electrons. The van der Waals surface area contributed by atoms with Gasteiger partial charge in [-0.2, -0.15) is 0 Å². The Bertz CT molecular complexity index is 449. The molecule has 0 aromatic carbocycles. The average Bonchev–Trinajstić information content (AvgIpc) is 3.03. The van der Waals surface area contributed by atoms with Crippen molar-refractivity contribution in [2.24, 2.45) is 11.8 Å². The Hall–Kier alpha value is -0.540. The second kappa shape index (κ2) is 6.27. The summed E-state index contributed by atoms with van der Waals surface area (Å²) in [7, 11) is 0. The fourth-order valence-corrected chi connectivity index (χ4v) is 5.43. The molecular weight excluding hydrogens is 272 g/mol. The van der Waals surface area contributed by atoms with E-state index in [0.29, 0.717) is 17.6 Å². The number of hydrogen-bond acceptors (Lipinski definition) is 3. The molecular formula is C16H22OS2. The average molecular weight is 294 g/mol. The first-order valence-corrected chi connectivity index (χ1v) is 8.78. The van der Waals surface area contributed by atoms with Gasteiger partial charge in [0.1, 0.15) is 4.75 Å². The molecule has 0 spiro atoms. The molecule has 2 rings (SSSR count). The van der Waals surface area contributed by atoms with Crippen LogP contribution >= 0.6 is 23.1 Å². The van der Waals surface area contributed by atoms with Gasteiger partial charge in [0.2, 0.25) is 0 Å². The molecule has 19 heavy (non-hydrogen) atoms. The molecule has 1 aromatic heterocycles. The molecule has 1 aliphatic heterocycles. The van der Waals surface area contributed by atoms with Crippen LogP contribution in [-0.2, 0) is 9.54 Å². The van der Waals surface area contributed by atoms with Crippen molar-refractivity contribution in [1.29, 1.82) is 0 Å². The van der Waals surface area contributed by atoms with Crippen molar-refractivity contribution >= 4 is 28.9 Å². The van der Waals surface area contributed by atoms with E-state index < -0.39 is 0 Å². The van der Waals surface area contributed by atoms with Crippen LogP contribution in [0.25, 0.3) is 0 Å². The minimum Gasteiger partial charge on any atom is -0.298 e. The first-order valence-electron chi connectivity index (χ1n) is 7.02. The summed E-state index contributed by atoms with van der Waals surface area (Å²) in [4.78, 5) is 13.6. The van der Waals surface area contributed by atoms with Crippen LogP contribution in [0.3, 0.4) is 0 Å². The molecule has 1 nitrogen and oxygen atoms in total. The molecule has 0 saturated carbocycles.